The van der Waals surface area contributed by atoms with Gasteiger partial charge in [0.15, 0.2) is 0 Å². The maximum Gasteiger partial charge on any atom is 0.322 e. The average Bonchev–Trinajstić information content (AvgIpc) is 3.32. The van der Waals surface area contributed by atoms with E-state index in [-0.39, 0.29) is 11.8 Å². The highest BCUT2D eigenvalue weighted by Gasteiger charge is 2.19. The summed E-state index contributed by atoms with van der Waals surface area (Å²) >= 11 is 0. The molecule has 35 heavy (non-hydrogen) atoms. The number of hydrogen-bond donors (Lipinski definition) is 5. The Kier molecular flexibility index (Phi) is 5.88. The Morgan fingerprint density at radius 2 is 1.94 bits per heavy atom. The van der Waals surface area contributed by atoms with Gasteiger partial charge in [-0.2, -0.15) is 0 Å². The fraction of sp³-hybridized carbons (Fsp3) is 0.115. The molecule has 8 nitrogen and oxygen atoms in total. The normalized spacial score (nSPS) is 13.4. The number of nitrogens with one attached hydrogen (secondary N) is 4. The van der Waals surface area contributed by atoms with Crippen LogP contribution in [0.25, 0.3) is 16.6 Å². The van der Waals surface area contributed by atoms with Gasteiger partial charge in [0.05, 0.1) is 5.69 Å². The van der Waals surface area contributed by atoms with Crippen molar-refractivity contribution in [3.05, 3.63) is 83.9 Å². The van der Waals surface area contributed by atoms with Gasteiger partial charge in [-0.25, -0.2) is 14.2 Å². The van der Waals surface area contributed by atoms with Crippen LogP contribution in [0.2, 0.25) is 0 Å². The van der Waals surface area contributed by atoms with Crippen LogP contribution in [0.5, 0.6) is 0 Å². The van der Waals surface area contributed by atoms with Gasteiger partial charge < -0.3 is 31.7 Å². The Bertz CT molecular complexity index is 1440. The van der Waals surface area contributed by atoms with Gasteiger partial charge in [0.1, 0.15) is 11.5 Å². The number of aromatic amines is 1. The number of H-pyrrole nitrogens is 1. The summed E-state index contributed by atoms with van der Waals surface area (Å²) in [6, 6.07) is 14.9. The van der Waals surface area contributed by atoms with Gasteiger partial charge in [-0.15, -0.1) is 0 Å². The number of urea groups is 1. The molecule has 0 saturated carbocycles. The SMILES string of the molecule is N=Cc1cc(Nc2ccnc3[nH]c(C4=CCN(C(=O)Nc5ccc(F)cc5)CC4)cc23)ccc1N. The second-order valence-corrected chi connectivity index (χ2v) is 8.28. The van der Waals surface area contributed by atoms with E-state index in [0.717, 1.165) is 33.7 Å². The number of nitrogens with zero attached hydrogens (tertiary/aromatic N) is 2. The van der Waals surface area contributed by atoms with E-state index in [0.29, 0.717) is 36.4 Å². The summed E-state index contributed by atoms with van der Waals surface area (Å²) in [5, 5.41) is 14.6. The minimum absolute atomic E-state index is 0.218. The molecule has 0 bridgehead atoms. The summed E-state index contributed by atoms with van der Waals surface area (Å²) in [7, 11) is 0. The quantitative estimate of drug-likeness (QED) is 0.200. The van der Waals surface area contributed by atoms with Crippen LogP contribution in [0, 0.1) is 11.2 Å². The van der Waals surface area contributed by atoms with Gasteiger partial charge in [-0.1, -0.05) is 6.08 Å². The largest absolute Gasteiger partial charge is 0.398 e. The molecule has 3 heterocycles. The zero-order valence-electron chi connectivity index (χ0n) is 18.8. The van der Waals surface area contributed by atoms with Crippen molar-refractivity contribution >= 4 is 51.6 Å². The van der Waals surface area contributed by atoms with Crippen LogP contribution in [0.1, 0.15) is 17.7 Å². The zero-order chi connectivity index (χ0) is 24.4. The molecule has 5 rings (SSSR count). The molecular formula is C26H24FN7O. The lowest BCUT2D eigenvalue weighted by molar-refractivity contribution is 0.217. The van der Waals surface area contributed by atoms with Crippen molar-refractivity contribution in [2.24, 2.45) is 0 Å². The van der Waals surface area contributed by atoms with Gasteiger partial charge >= 0.3 is 6.03 Å². The van der Waals surface area contributed by atoms with Crippen molar-refractivity contribution in [1.82, 2.24) is 14.9 Å². The standard InChI is InChI=1S/C26H24FN7O/c27-18-1-3-19(4-2-18)32-26(35)34-11-8-16(9-12-34)24-14-21-23(7-10-30-25(21)33-24)31-20-5-6-22(29)17(13-20)15-28/h1-8,10,13-15,28H,9,11-12,29H2,(H,32,35)(H2,30,31,33). The van der Waals surface area contributed by atoms with E-state index in [4.69, 9.17) is 11.1 Å². The summed E-state index contributed by atoms with van der Waals surface area (Å²) in [5.74, 6) is -0.343. The van der Waals surface area contributed by atoms with E-state index < -0.39 is 0 Å². The van der Waals surface area contributed by atoms with Gasteiger partial charge in [0, 0.05) is 59.2 Å². The van der Waals surface area contributed by atoms with E-state index in [1.54, 1.807) is 17.2 Å². The number of carbonyl (C=O) groups is 1. The highest BCUT2D eigenvalue weighted by Crippen LogP contribution is 2.31. The topological polar surface area (TPSA) is 123 Å². The first-order valence-corrected chi connectivity index (χ1v) is 11.2. The van der Waals surface area contributed by atoms with Crippen molar-refractivity contribution in [3.63, 3.8) is 0 Å². The Morgan fingerprint density at radius 3 is 2.69 bits per heavy atom. The molecule has 6 N–H and O–H groups in total. The molecule has 0 fully saturated rings. The predicted molar refractivity (Wildman–Crippen MR) is 138 cm³/mol. The highest BCUT2D eigenvalue weighted by molar-refractivity contribution is 5.95. The molecule has 0 atom stereocenters. The number of carbonyl (C=O) groups excluding carboxylic acids is 1. The number of hydrogen-bond acceptors (Lipinski definition) is 5. The third-order valence-corrected chi connectivity index (χ3v) is 5.99. The number of rotatable bonds is 5. The molecule has 2 aromatic carbocycles. The molecule has 0 saturated heterocycles. The van der Waals surface area contributed by atoms with Crippen molar-refractivity contribution in [2.45, 2.75) is 6.42 Å². The van der Waals surface area contributed by atoms with E-state index >= 15 is 0 Å². The third-order valence-electron chi connectivity index (χ3n) is 5.99. The number of pyridine rings is 1. The Morgan fingerprint density at radius 1 is 1.14 bits per heavy atom. The number of anilines is 4. The molecule has 0 unspecified atom stereocenters. The van der Waals surface area contributed by atoms with Crippen LogP contribution in [0.4, 0.5) is 31.9 Å². The summed E-state index contributed by atoms with van der Waals surface area (Å²) in [5.41, 5.74) is 12.2. The Labute approximate surface area is 201 Å². The highest BCUT2D eigenvalue weighted by atomic mass is 19.1. The zero-order valence-corrected chi connectivity index (χ0v) is 18.8. The average molecular weight is 470 g/mol. The van der Waals surface area contributed by atoms with Crippen LogP contribution in [-0.2, 0) is 0 Å². The van der Waals surface area contributed by atoms with Crippen LogP contribution >= 0.6 is 0 Å². The second kappa shape index (κ2) is 9.30. The second-order valence-electron chi connectivity index (χ2n) is 8.28. The van der Waals surface area contributed by atoms with E-state index in [9.17, 15) is 9.18 Å². The van der Waals surface area contributed by atoms with Gasteiger partial charge in [-0.05, 0) is 66.6 Å². The lowest BCUT2D eigenvalue weighted by Crippen LogP contribution is -2.37. The molecule has 2 aromatic heterocycles. The molecule has 4 aromatic rings. The fourth-order valence-corrected chi connectivity index (χ4v) is 4.08. The summed E-state index contributed by atoms with van der Waals surface area (Å²) in [6.45, 7) is 1.03. The van der Waals surface area contributed by atoms with Crippen LogP contribution in [-0.4, -0.2) is 40.2 Å². The third kappa shape index (κ3) is 4.70. The first kappa shape index (κ1) is 22.1. The summed E-state index contributed by atoms with van der Waals surface area (Å²) in [4.78, 5) is 22.1. The molecular weight excluding hydrogens is 445 g/mol. The Hall–Kier alpha value is -4.66. The summed E-state index contributed by atoms with van der Waals surface area (Å²) in [6.07, 6.45) is 5.68. The van der Waals surface area contributed by atoms with E-state index in [1.165, 1.54) is 30.5 Å². The number of halogens is 1. The van der Waals surface area contributed by atoms with Gasteiger partial charge in [-0.3, -0.25) is 0 Å². The molecule has 176 valence electrons. The minimum Gasteiger partial charge on any atom is -0.398 e. The molecule has 9 heteroatoms. The maximum atomic E-state index is 13.1. The number of aromatic nitrogens is 2. The van der Waals surface area contributed by atoms with E-state index in [2.05, 4.69) is 26.7 Å². The van der Waals surface area contributed by atoms with Crippen molar-refractivity contribution in [1.29, 1.82) is 5.41 Å². The van der Waals surface area contributed by atoms with Crippen LogP contribution in [0.15, 0.2) is 66.9 Å². The fourth-order valence-electron chi connectivity index (χ4n) is 4.08. The molecule has 1 aliphatic rings. The molecule has 2 amide bonds. The van der Waals surface area contributed by atoms with E-state index in [1.807, 2.05) is 24.3 Å². The minimum atomic E-state index is -0.343. The predicted octanol–water partition coefficient (Wildman–Crippen LogP) is 5.35. The first-order chi connectivity index (χ1) is 17.0. The summed E-state index contributed by atoms with van der Waals surface area (Å²) < 4.78 is 13.1. The van der Waals surface area contributed by atoms with Crippen molar-refractivity contribution < 1.29 is 9.18 Å². The smallest absolute Gasteiger partial charge is 0.322 e. The number of amides is 2. The lowest BCUT2D eigenvalue weighted by atomic mass is 10.0. The molecule has 0 aliphatic carbocycles. The van der Waals surface area contributed by atoms with Crippen molar-refractivity contribution in [3.8, 4) is 0 Å². The maximum absolute atomic E-state index is 13.1. The van der Waals surface area contributed by atoms with Crippen molar-refractivity contribution in [2.75, 3.05) is 29.5 Å². The van der Waals surface area contributed by atoms with Crippen LogP contribution < -0.4 is 16.4 Å². The van der Waals surface area contributed by atoms with Gasteiger partial charge in [0.2, 0.25) is 0 Å². The molecule has 0 radical (unpaired) electrons. The number of nitrogen functional groups attached to an aromatic ring is 1. The monoisotopic (exact) mass is 469 g/mol. The number of nitrogens with two attached hydrogens (primary N) is 1. The van der Waals surface area contributed by atoms with Gasteiger partial charge in [0.25, 0.3) is 0 Å². The number of fused-ring (bicyclic) bond motifs is 1. The number of benzene rings is 2. The molecule has 1 aliphatic heterocycles. The lowest BCUT2D eigenvalue weighted by Gasteiger charge is -2.26. The molecule has 0 spiro atoms. The Balaban J connectivity index is 1.32. The first-order valence-electron chi connectivity index (χ1n) is 11.2. The van der Waals surface area contributed by atoms with Crippen LogP contribution in [0.3, 0.4) is 0 Å².